The molecule has 4 nitrogen and oxygen atoms in total. The van der Waals surface area contributed by atoms with Crippen molar-refractivity contribution in [2.75, 3.05) is 6.61 Å². The van der Waals surface area contributed by atoms with Gasteiger partial charge in [0, 0.05) is 5.70 Å². The number of nitrogens with two attached hydrogens (primary N) is 1. The Kier molecular flexibility index (Phi) is 2.38. The molecule has 1 aliphatic heterocycles. The van der Waals surface area contributed by atoms with Crippen LogP contribution >= 0.6 is 0 Å². The van der Waals surface area contributed by atoms with Crippen molar-refractivity contribution in [1.82, 2.24) is 5.32 Å². The summed E-state index contributed by atoms with van der Waals surface area (Å²) in [6.45, 7) is 4.38. The zero-order valence-electron chi connectivity index (χ0n) is 8.42. The molecule has 1 aliphatic carbocycles. The predicted octanol–water partition coefficient (Wildman–Crippen LogP) is 1.11. The summed E-state index contributed by atoms with van der Waals surface area (Å²) in [6.07, 6.45) is 4.05. The summed E-state index contributed by atoms with van der Waals surface area (Å²) < 4.78 is 5.52. The summed E-state index contributed by atoms with van der Waals surface area (Å²) in [4.78, 5) is 0. The highest BCUT2D eigenvalue weighted by atomic mass is 16.5. The molecule has 1 heterocycles. The van der Waals surface area contributed by atoms with E-state index >= 15 is 0 Å². The number of ether oxygens (including phenoxy) is 1. The maximum atomic E-state index is 8.92. The lowest BCUT2D eigenvalue weighted by atomic mass is 10.1. The minimum absolute atomic E-state index is 0.364. The number of rotatable bonds is 3. The number of nitriles is 1. The molecule has 15 heavy (non-hydrogen) atoms. The second-order valence-electron chi connectivity index (χ2n) is 3.82. The van der Waals surface area contributed by atoms with Crippen molar-refractivity contribution in [1.29, 1.82) is 5.26 Å². The minimum atomic E-state index is 0.364. The highest BCUT2D eigenvalue weighted by Gasteiger charge is 2.24. The topological polar surface area (TPSA) is 71.1 Å². The average Bonchev–Trinajstić information content (AvgIpc) is 2.97. The van der Waals surface area contributed by atoms with E-state index < -0.39 is 0 Å². The number of nitrogens with zero attached hydrogens (tertiary/aromatic N) is 1. The van der Waals surface area contributed by atoms with E-state index in [1.54, 1.807) is 6.08 Å². The van der Waals surface area contributed by atoms with Gasteiger partial charge in [-0.3, -0.25) is 0 Å². The Hall–Kier alpha value is -1.89. The number of nitrogens with one attached hydrogen (secondary N) is 1. The van der Waals surface area contributed by atoms with Gasteiger partial charge in [-0.2, -0.15) is 5.26 Å². The molecular weight excluding hydrogens is 190 g/mol. The van der Waals surface area contributed by atoms with Crippen LogP contribution in [0, 0.1) is 17.2 Å². The van der Waals surface area contributed by atoms with Gasteiger partial charge in [-0.15, -0.1) is 0 Å². The number of hydrogen-bond acceptors (Lipinski definition) is 4. The van der Waals surface area contributed by atoms with Crippen molar-refractivity contribution in [2.24, 2.45) is 11.7 Å². The molecule has 1 saturated carbocycles. The van der Waals surface area contributed by atoms with Crippen molar-refractivity contribution in [3.8, 4) is 6.07 Å². The predicted molar refractivity (Wildman–Crippen MR) is 55.9 cm³/mol. The van der Waals surface area contributed by atoms with Gasteiger partial charge < -0.3 is 15.8 Å². The van der Waals surface area contributed by atoms with E-state index in [2.05, 4.69) is 11.9 Å². The summed E-state index contributed by atoms with van der Waals surface area (Å²) in [5.74, 6) is 1.08. The molecular formula is C11H13N3O. The number of hydrogen-bond donors (Lipinski definition) is 2. The van der Waals surface area contributed by atoms with Gasteiger partial charge in [0.05, 0.1) is 12.3 Å². The largest absolute Gasteiger partial charge is 0.478 e. The van der Waals surface area contributed by atoms with Crippen LogP contribution in [-0.2, 0) is 4.74 Å². The Morgan fingerprint density at radius 2 is 2.40 bits per heavy atom. The molecule has 0 atom stereocenters. The van der Waals surface area contributed by atoms with Crippen molar-refractivity contribution in [3.63, 3.8) is 0 Å². The maximum Gasteiger partial charge on any atom is 0.211 e. The van der Waals surface area contributed by atoms with Gasteiger partial charge >= 0.3 is 0 Å². The van der Waals surface area contributed by atoms with Gasteiger partial charge in [0.15, 0.2) is 0 Å². The van der Waals surface area contributed by atoms with Crippen LogP contribution in [0.25, 0.3) is 0 Å². The van der Waals surface area contributed by atoms with Crippen LogP contribution in [-0.4, -0.2) is 6.61 Å². The molecule has 0 aromatic rings. The summed E-state index contributed by atoms with van der Waals surface area (Å²) in [5, 5.41) is 11.8. The van der Waals surface area contributed by atoms with Crippen LogP contribution in [0.3, 0.4) is 0 Å². The molecule has 78 valence electrons. The average molecular weight is 203 g/mol. The molecule has 0 spiro atoms. The lowest BCUT2D eigenvalue weighted by Gasteiger charge is -2.19. The quantitative estimate of drug-likeness (QED) is 0.720. The van der Waals surface area contributed by atoms with E-state index in [1.165, 1.54) is 12.8 Å². The SMILES string of the molecule is C=C1C=C(N)C(C#N)=C(OCC2CC2)N1. The highest BCUT2D eigenvalue weighted by molar-refractivity contribution is 5.48. The first kappa shape index (κ1) is 9.66. The van der Waals surface area contributed by atoms with E-state index in [0.29, 0.717) is 35.4 Å². The first-order valence-electron chi connectivity index (χ1n) is 4.91. The van der Waals surface area contributed by atoms with Crippen LogP contribution in [0.1, 0.15) is 12.8 Å². The standard InChI is InChI=1S/C11H13N3O/c1-7-4-10(13)9(5-12)11(14-7)15-6-8-2-3-8/h4,8,14H,1-3,6,13H2. The second kappa shape index (κ2) is 3.70. The van der Waals surface area contributed by atoms with Crippen LogP contribution in [0.5, 0.6) is 0 Å². The van der Waals surface area contributed by atoms with E-state index in [9.17, 15) is 0 Å². The summed E-state index contributed by atoms with van der Waals surface area (Å²) in [7, 11) is 0. The van der Waals surface area contributed by atoms with Crippen molar-refractivity contribution in [3.05, 3.63) is 35.5 Å². The van der Waals surface area contributed by atoms with E-state index in [1.807, 2.05) is 6.07 Å². The molecule has 2 rings (SSSR count). The molecule has 0 radical (unpaired) electrons. The van der Waals surface area contributed by atoms with Gasteiger partial charge in [0.25, 0.3) is 0 Å². The zero-order valence-corrected chi connectivity index (χ0v) is 8.42. The molecule has 0 bridgehead atoms. The monoisotopic (exact) mass is 203 g/mol. The lowest BCUT2D eigenvalue weighted by molar-refractivity contribution is 0.182. The molecule has 0 unspecified atom stereocenters. The van der Waals surface area contributed by atoms with Crippen molar-refractivity contribution < 1.29 is 4.74 Å². The highest BCUT2D eigenvalue weighted by Crippen LogP contribution is 2.30. The fourth-order valence-corrected chi connectivity index (χ4v) is 1.34. The fraction of sp³-hybridized carbons (Fsp3) is 0.364. The summed E-state index contributed by atoms with van der Waals surface area (Å²) >= 11 is 0. The third kappa shape index (κ3) is 2.13. The van der Waals surface area contributed by atoms with Gasteiger partial charge in [-0.25, -0.2) is 0 Å². The molecule has 0 amide bonds. The second-order valence-corrected chi connectivity index (χ2v) is 3.82. The number of dihydropyridines is 1. The van der Waals surface area contributed by atoms with E-state index in [-0.39, 0.29) is 0 Å². The Morgan fingerprint density at radius 1 is 1.67 bits per heavy atom. The Balaban J connectivity index is 2.12. The first-order valence-corrected chi connectivity index (χ1v) is 4.91. The molecule has 4 heteroatoms. The third-order valence-electron chi connectivity index (χ3n) is 2.39. The molecule has 1 fully saturated rings. The molecule has 2 aliphatic rings. The fourth-order valence-electron chi connectivity index (χ4n) is 1.34. The Labute approximate surface area is 88.7 Å². The first-order chi connectivity index (χ1) is 7.20. The molecule has 0 aromatic carbocycles. The molecule has 3 N–H and O–H groups in total. The van der Waals surface area contributed by atoms with E-state index in [4.69, 9.17) is 15.7 Å². The van der Waals surface area contributed by atoms with Crippen LogP contribution in [0.2, 0.25) is 0 Å². The van der Waals surface area contributed by atoms with Gasteiger partial charge in [0.1, 0.15) is 11.6 Å². The van der Waals surface area contributed by atoms with Gasteiger partial charge in [-0.05, 0) is 24.8 Å². The van der Waals surface area contributed by atoms with Crippen molar-refractivity contribution in [2.45, 2.75) is 12.8 Å². The van der Waals surface area contributed by atoms with Crippen LogP contribution in [0.4, 0.5) is 0 Å². The minimum Gasteiger partial charge on any atom is -0.478 e. The Bertz CT molecular complexity index is 397. The number of allylic oxidation sites excluding steroid dienone is 2. The molecule has 0 saturated heterocycles. The van der Waals surface area contributed by atoms with Gasteiger partial charge in [-0.1, -0.05) is 6.58 Å². The maximum absolute atomic E-state index is 8.92. The van der Waals surface area contributed by atoms with Crippen LogP contribution in [0.15, 0.2) is 35.5 Å². The molecule has 0 aromatic heterocycles. The normalized spacial score (nSPS) is 20.5. The zero-order chi connectivity index (χ0) is 10.8. The summed E-state index contributed by atoms with van der Waals surface area (Å²) in [6, 6.07) is 2.03. The Morgan fingerprint density at radius 3 is 3.00 bits per heavy atom. The van der Waals surface area contributed by atoms with Gasteiger partial charge in [0.2, 0.25) is 5.88 Å². The third-order valence-corrected chi connectivity index (χ3v) is 2.39. The van der Waals surface area contributed by atoms with Crippen LogP contribution < -0.4 is 11.1 Å². The lowest BCUT2D eigenvalue weighted by Crippen LogP contribution is -2.23. The summed E-state index contributed by atoms with van der Waals surface area (Å²) in [5.41, 5.74) is 7.12. The van der Waals surface area contributed by atoms with Crippen molar-refractivity contribution >= 4 is 0 Å². The van der Waals surface area contributed by atoms with E-state index in [0.717, 1.165) is 0 Å². The smallest absolute Gasteiger partial charge is 0.211 e.